The molecule has 2 aromatic rings. The van der Waals surface area contributed by atoms with Gasteiger partial charge >= 0.3 is 0 Å². The van der Waals surface area contributed by atoms with Gasteiger partial charge in [-0.3, -0.25) is 0 Å². The lowest BCUT2D eigenvalue weighted by Crippen LogP contribution is -1.79. The van der Waals surface area contributed by atoms with Crippen LogP contribution in [0.5, 0.6) is 5.75 Å². The Morgan fingerprint density at radius 3 is 2.24 bits per heavy atom. The summed E-state index contributed by atoms with van der Waals surface area (Å²) < 4.78 is 0. The lowest BCUT2D eigenvalue weighted by Gasteiger charge is -2.03. The summed E-state index contributed by atoms with van der Waals surface area (Å²) in [7, 11) is 0. The number of hydrogen-bond acceptors (Lipinski definition) is 3. The van der Waals surface area contributed by atoms with Gasteiger partial charge in [0.15, 0.2) is 0 Å². The highest BCUT2D eigenvalue weighted by molar-refractivity contribution is 5.55. The Balaban J connectivity index is 2.31. The van der Waals surface area contributed by atoms with E-state index in [1.54, 1.807) is 6.07 Å². The van der Waals surface area contributed by atoms with Crippen LogP contribution in [0.1, 0.15) is 11.1 Å². The Morgan fingerprint density at radius 2 is 1.53 bits per heavy atom. The molecule has 17 heavy (non-hydrogen) atoms. The second-order valence-corrected chi connectivity index (χ2v) is 3.96. The monoisotopic (exact) mass is 226 g/mol. The zero-order chi connectivity index (χ0) is 12.3. The average Bonchev–Trinajstić information content (AvgIpc) is 2.33. The maximum absolute atomic E-state index is 9.74. The lowest BCUT2D eigenvalue weighted by molar-refractivity contribution is 0.476. The van der Waals surface area contributed by atoms with Crippen LogP contribution in [0.2, 0.25) is 0 Å². The second-order valence-electron chi connectivity index (χ2n) is 3.96. The molecule has 0 aromatic heterocycles. The third kappa shape index (κ3) is 2.69. The molecule has 0 atom stereocenters. The molecular weight excluding hydrogens is 212 g/mol. The first kappa shape index (κ1) is 11.3. The quantitative estimate of drug-likeness (QED) is 0.756. The number of nitrogens with zero attached hydrogens (tertiary/aromatic N) is 2. The van der Waals surface area contributed by atoms with Crippen LogP contribution in [0.25, 0.3) is 0 Å². The highest BCUT2D eigenvalue weighted by Gasteiger charge is 2.02. The van der Waals surface area contributed by atoms with Crippen molar-refractivity contribution < 1.29 is 5.11 Å². The van der Waals surface area contributed by atoms with Crippen molar-refractivity contribution in [1.29, 1.82) is 0 Å². The van der Waals surface area contributed by atoms with Crippen LogP contribution in [-0.4, -0.2) is 5.11 Å². The number of rotatable bonds is 2. The molecule has 0 spiro atoms. The van der Waals surface area contributed by atoms with E-state index in [4.69, 9.17) is 0 Å². The van der Waals surface area contributed by atoms with Crippen LogP contribution in [0.4, 0.5) is 11.4 Å². The van der Waals surface area contributed by atoms with Gasteiger partial charge in [-0.25, -0.2) is 0 Å². The van der Waals surface area contributed by atoms with Crippen molar-refractivity contribution in [3.8, 4) is 5.75 Å². The fraction of sp³-hybridized carbons (Fsp3) is 0.143. The predicted molar refractivity (Wildman–Crippen MR) is 68.2 cm³/mol. The van der Waals surface area contributed by atoms with Crippen molar-refractivity contribution in [2.24, 2.45) is 10.2 Å². The van der Waals surface area contributed by atoms with E-state index in [1.807, 2.05) is 50.2 Å². The van der Waals surface area contributed by atoms with E-state index in [1.165, 1.54) is 0 Å². The maximum atomic E-state index is 9.74. The first-order valence-electron chi connectivity index (χ1n) is 5.44. The number of aromatic hydroxyl groups is 1. The van der Waals surface area contributed by atoms with E-state index in [-0.39, 0.29) is 5.75 Å². The summed E-state index contributed by atoms with van der Waals surface area (Å²) in [6, 6.07) is 13.0. The SMILES string of the molecule is Cc1cc(O)c(N=Nc2ccccc2)cc1C. The van der Waals surface area contributed by atoms with Crippen LogP contribution in [-0.2, 0) is 0 Å². The summed E-state index contributed by atoms with van der Waals surface area (Å²) in [6.07, 6.45) is 0. The Hall–Kier alpha value is -2.16. The molecule has 0 bridgehead atoms. The minimum Gasteiger partial charge on any atom is -0.506 e. The molecule has 0 unspecified atom stereocenters. The molecule has 86 valence electrons. The van der Waals surface area contributed by atoms with Gasteiger partial charge < -0.3 is 5.11 Å². The second kappa shape index (κ2) is 4.78. The fourth-order valence-corrected chi connectivity index (χ4v) is 1.47. The number of benzene rings is 2. The summed E-state index contributed by atoms with van der Waals surface area (Å²) in [5.41, 5.74) is 3.40. The summed E-state index contributed by atoms with van der Waals surface area (Å²) in [4.78, 5) is 0. The highest BCUT2D eigenvalue weighted by Crippen LogP contribution is 2.30. The summed E-state index contributed by atoms with van der Waals surface area (Å²) in [5.74, 6) is 0.160. The largest absolute Gasteiger partial charge is 0.506 e. The molecule has 1 N–H and O–H groups in total. The van der Waals surface area contributed by atoms with Gasteiger partial charge in [0.2, 0.25) is 0 Å². The summed E-state index contributed by atoms with van der Waals surface area (Å²) >= 11 is 0. The zero-order valence-electron chi connectivity index (χ0n) is 9.88. The number of hydrogen-bond donors (Lipinski definition) is 1. The molecule has 0 heterocycles. The molecule has 0 saturated heterocycles. The Kier molecular flexibility index (Phi) is 3.19. The van der Waals surface area contributed by atoms with E-state index in [0.29, 0.717) is 5.69 Å². The third-order valence-corrected chi connectivity index (χ3v) is 2.62. The molecule has 0 aliphatic heterocycles. The van der Waals surface area contributed by atoms with Gasteiger partial charge in [-0.1, -0.05) is 18.2 Å². The smallest absolute Gasteiger partial charge is 0.143 e. The van der Waals surface area contributed by atoms with Crippen LogP contribution >= 0.6 is 0 Å². The number of phenols is 1. The van der Waals surface area contributed by atoms with Crippen LogP contribution in [0.3, 0.4) is 0 Å². The van der Waals surface area contributed by atoms with Crippen molar-refractivity contribution >= 4 is 11.4 Å². The van der Waals surface area contributed by atoms with E-state index in [2.05, 4.69) is 10.2 Å². The van der Waals surface area contributed by atoms with Gasteiger partial charge in [0.25, 0.3) is 0 Å². The van der Waals surface area contributed by atoms with Gasteiger partial charge in [-0.2, -0.15) is 5.11 Å². The molecule has 2 aromatic carbocycles. The van der Waals surface area contributed by atoms with E-state index < -0.39 is 0 Å². The van der Waals surface area contributed by atoms with Crippen molar-refractivity contribution in [2.75, 3.05) is 0 Å². The van der Waals surface area contributed by atoms with Gasteiger partial charge in [0.05, 0.1) is 5.69 Å². The van der Waals surface area contributed by atoms with E-state index in [9.17, 15) is 5.11 Å². The first-order chi connectivity index (χ1) is 8.16. The molecule has 0 fully saturated rings. The first-order valence-corrected chi connectivity index (χ1v) is 5.44. The van der Waals surface area contributed by atoms with Crippen LogP contribution in [0, 0.1) is 13.8 Å². The summed E-state index contributed by atoms with van der Waals surface area (Å²) in [6.45, 7) is 3.93. The van der Waals surface area contributed by atoms with Gasteiger partial charge in [-0.05, 0) is 49.2 Å². The van der Waals surface area contributed by atoms with Gasteiger partial charge in [-0.15, -0.1) is 5.11 Å². The standard InChI is InChI=1S/C14H14N2O/c1-10-8-13(14(17)9-11(10)2)16-15-12-6-4-3-5-7-12/h3-9,17H,1-2H3. The fourth-order valence-electron chi connectivity index (χ4n) is 1.47. The van der Waals surface area contributed by atoms with Crippen LogP contribution < -0.4 is 0 Å². The highest BCUT2D eigenvalue weighted by atomic mass is 16.3. The minimum atomic E-state index is 0.160. The molecule has 3 nitrogen and oxygen atoms in total. The molecule has 0 amide bonds. The number of phenolic OH excluding ortho intramolecular Hbond substituents is 1. The molecule has 0 saturated carbocycles. The summed E-state index contributed by atoms with van der Waals surface area (Å²) in [5, 5.41) is 17.9. The molecule has 2 rings (SSSR count). The molecular formula is C14H14N2O. The van der Waals surface area contributed by atoms with Crippen molar-refractivity contribution in [1.82, 2.24) is 0 Å². The molecule has 0 aliphatic carbocycles. The topological polar surface area (TPSA) is 45.0 Å². The van der Waals surface area contributed by atoms with Crippen LogP contribution in [0.15, 0.2) is 52.7 Å². The Bertz CT molecular complexity index is 548. The maximum Gasteiger partial charge on any atom is 0.143 e. The van der Waals surface area contributed by atoms with Crippen molar-refractivity contribution in [3.05, 3.63) is 53.6 Å². The predicted octanol–water partition coefficient (Wildman–Crippen LogP) is 4.42. The Morgan fingerprint density at radius 1 is 0.882 bits per heavy atom. The van der Waals surface area contributed by atoms with E-state index in [0.717, 1.165) is 16.8 Å². The minimum absolute atomic E-state index is 0.160. The molecule has 0 radical (unpaired) electrons. The molecule has 3 heteroatoms. The van der Waals surface area contributed by atoms with Gasteiger partial charge in [0, 0.05) is 0 Å². The van der Waals surface area contributed by atoms with Crippen molar-refractivity contribution in [2.45, 2.75) is 13.8 Å². The van der Waals surface area contributed by atoms with Gasteiger partial charge in [0.1, 0.15) is 11.4 Å². The lowest BCUT2D eigenvalue weighted by atomic mass is 10.1. The third-order valence-electron chi connectivity index (χ3n) is 2.62. The van der Waals surface area contributed by atoms with E-state index >= 15 is 0 Å². The normalized spacial score (nSPS) is 10.9. The number of aryl methyl sites for hydroxylation is 2. The zero-order valence-corrected chi connectivity index (χ0v) is 9.88. The van der Waals surface area contributed by atoms with Crippen molar-refractivity contribution in [3.63, 3.8) is 0 Å². The Labute approximate surface area is 100 Å². The average molecular weight is 226 g/mol. The molecule has 0 aliphatic rings. The number of azo groups is 1.